The largest absolute Gasteiger partial charge is 0.488 e. The van der Waals surface area contributed by atoms with Gasteiger partial charge in [0.2, 0.25) is 0 Å². The van der Waals surface area contributed by atoms with E-state index in [1.807, 2.05) is 0 Å². The fraction of sp³-hybridized carbons (Fsp3) is 0.556. The summed E-state index contributed by atoms with van der Waals surface area (Å²) in [4.78, 5) is 24.5. The average molecular weight is 443 g/mol. The Morgan fingerprint density at radius 1 is 1.00 bits per heavy atom. The lowest BCUT2D eigenvalue weighted by Gasteiger charge is -2.26. The molecule has 6 nitrogen and oxygen atoms in total. The summed E-state index contributed by atoms with van der Waals surface area (Å²) in [6.45, 7) is 4.26. The molecular weight excluding hydrogens is 424 g/mol. The Kier molecular flexibility index (Phi) is 6.20. The van der Waals surface area contributed by atoms with Crippen LogP contribution in [0.2, 0.25) is 0 Å². The van der Waals surface area contributed by atoms with Crippen molar-refractivity contribution in [2.24, 2.45) is 0 Å². The van der Waals surface area contributed by atoms with E-state index in [2.05, 4.69) is 0 Å². The van der Waals surface area contributed by atoms with Crippen LogP contribution >= 0.6 is 0 Å². The minimum Gasteiger partial charge on any atom is -0.488 e. The summed E-state index contributed by atoms with van der Waals surface area (Å²) in [6.07, 6.45) is -12.6. The van der Waals surface area contributed by atoms with Crippen molar-refractivity contribution in [2.45, 2.75) is 57.3 Å². The van der Waals surface area contributed by atoms with Gasteiger partial charge in [0.25, 0.3) is 0 Å². The topological polar surface area (TPSA) is 76.1 Å². The first-order valence-corrected chi connectivity index (χ1v) is 8.66. The first-order chi connectivity index (χ1) is 13.5. The fourth-order valence-electron chi connectivity index (χ4n) is 2.83. The number of likely N-dealkylation sites (tertiary alicyclic amines) is 1. The molecule has 1 aromatic rings. The SMILES string of the molecule is CC(C)(C)OC(=O)N1C[C@@H](Oc2cc(C(F)(F)F)cc(C(F)(F)F)c2)C[C@H]1C(=O)O. The fourth-order valence-corrected chi connectivity index (χ4v) is 2.83. The first-order valence-electron chi connectivity index (χ1n) is 8.66. The maximum atomic E-state index is 13.0. The summed E-state index contributed by atoms with van der Waals surface area (Å²) < 4.78 is 88.2. The van der Waals surface area contributed by atoms with Gasteiger partial charge in [0.05, 0.1) is 17.7 Å². The minimum atomic E-state index is -5.05. The van der Waals surface area contributed by atoms with Crippen LogP contribution in [0.3, 0.4) is 0 Å². The zero-order chi connectivity index (χ0) is 23.1. The Bertz CT molecular complexity index is 783. The highest BCUT2D eigenvalue weighted by molar-refractivity contribution is 5.81. The smallest absolute Gasteiger partial charge is 0.416 e. The Hall–Kier alpha value is -2.66. The standard InChI is InChI=1S/C18H19F6NO5/c1-16(2,3)30-15(28)25-8-12(7-13(25)14(26)27)29-11-5-9(17(19,20)21)4-10(6-11)18(22,23)24/h4-6,12-13H,7-8H2,1-3H3,(H,26,27)/t12-,13-/m0/s1. The Labute approximate surface area is 167 Å². The molecule has 0 spiro atoms. The number of carbonyl (C=O) groups excluding carboxylic acids is 1. The van der Waals surface area contributed by atoms with Crippen LogP contribution in [0.25, 0.3) is 0 Å². The third-order valence-electron chi connectivity index (χ3n) is 4.04. The molecule has 2 rings (SSSR count). The molecule has 1 amide bonds. The summed E-state index contributed by atoms with van der Waals surface area (Å²) in [5.74, 6) is -2.15. The summed E-state index contributed by atoms with van der Waals surface area (Å²) in [7, 11) is 0. The van der Waals surface area contributed by atoms with Gasteiger partial charge < -0.3 is 14.6 Å². The Balaban J connectivity index is 2.29. The molecule has 0 unspecified atom stereocenters. The van der Waals surface area contributed by atoms with Crippen molar-refractivity contribution in [2.75, 3.05) is 6.54 Å². The molecule has 1 saturated heterocycles. The van der Waals surface area contributed by atoms with Crippen molar-refractivity contribution in [1.82, 2.24) is 4.90 Å². The van der Waals surface area contributed by atoms with Crippen molar-refractivity contribution in [3.8, 4) is 5.75 Å². The van der Waals surface area contributed by atoms with Crippen LogP contribution in [0.4, 0.5) is 31.1 Å². The summed E-state index contributed by atoms with van der Waals surface area (Å²) in [5.41, 5.74) is -4.07. The molecular formula is C18H19F6NO5. The van der Waals surface area contributed by atoms with E-state index >= 15 is 0 Å². The molecule has 2 atom stereocenters. The van der Waals surface area contributed by atoms with Gasteiger partial charge in [-0.2, -0.15) is 26.3 Å². The number of carboxylic acids is 1. The number of amides is 1. The molecule has 1 aromatic carbocycles. The lowest BCUT2D eigenvalue weighted by atomic mass is 10.1. The van der Waals surface area contributed by atoms with E-state index in [0.717, 1.165) is 4.90 Å². The van der Waals surface area contributed by atoms with Crippen molar-refractivity contribution in [1.29, 1.82) is 0 Å². The maximum absolute atomic E-state index is 13.0. The summed E-state index contributed by atoms with van der Waals surface area (Å²) >= 11 is 0. The first kappa shape index (κ1) is 23.6. The predicted octanol–water partition coefficient (Wildman–Crippen LogP) is 4.57. The molecule has 0 saturated carbocycles. The van der Waals surface area contributed by atoms with Gasteiger partial charge in [0.1, 0.15) is 23.5 Å². The van der Waals surface area contributed by atoms with Crippen LogP contribution in [0.1, 0.15) is 38.3 Å². The van der Waals surface area contributed by atoms with Gasteiger partial charge in [-0.3, -0.25) is 4.90 Å². The number of carbonyl (C=O) groups is 2. The maximum Gasteiger partial charge on any atom is 0.416 e. The number of ether oxygens (including phenoxy) is 2. The highest BCUT2D eigenvalue weighted by atomic mass is 19.4. The van der Waals surface area contributed by atoms with E-state index in [0.29, 0.717) is 12.1 Å². The predicted molar refractivity (Wildman–Crippen MR) is 89.8 cm³/mol. The number of halogens is 6. The van der Waals surface area contributed by atoms with E-state index in [4.69, 9.17) is 9.47 Å². The molecule has 168 valence electrons. The molecule has 0 aromatic heterocycles. The van der Waals surface area contributed by atoms with Gasteiger partial charge in [0, 0.05) is 6.42 Å². The van der Waals surface area contributed by atoms with Gasteiger partial charge in [-0.25, -0.2) is 9.59 Å². The van der Waals surface area contributed by atoms with Crippen molar-refractivity contribution >= 4 is 12.1 Å². The van der Waals surface area contributed by atoms with E-state index in [1.165, 1.54) is 0 Å². The van der Waals surface area contributed by atoms with E-state index in [-0.39, 0.29) is 19.0 Å². The number of benzene rings is 1. The van der Waals surface area contributed by atoms with Crippen molar-refractivity contribution < 1.29 is 50.5 Å². The summed E-state index contributed by atoms with van der Waals surface area (Å²) in [5, 5.41) is 9.31. The average Bonchev–Trinajstić information content (AvgIpc) is 2.95. The van der Waals surface area contributed by atoms with Crippen LogP contribution in [0.15, 0.2) is 18.2 Å². The van der Waals surface area contributed by atoms with Crippen LogP contribution in [0.5, 0.6) is 5.75 Å². The molecule has 1 aliphatic heterocycles. The molecule has 1 heterocycles. The van der Waals surface area contributed by atoms with E-state index < -0.39 is 59.0 Å². The van der Waals surface area contributed by atoms with Crippen LogP contribution in [-0.4, -0.2) is 46.4 Å². The Morgan fingerprint density at radius 2 is 1.50 bits per heavy atom. The normalized spacial score (nSPS) is 20.2. The number of nitrogens with zero attached hydrogens (tertiary/aromatic N) is 1. The molecule has 1 fully saturated rings. The third-order valence-corrected chi connectivity index (χ3v) is 4.04. The van der Waals surface area contributed by atoms with E-state index in [9.17, 15) is 41.0 Å². The minimum absolute atomic E-state index is 0.0471. The number of hydrogen-bond donors (Lipinski definition) is 1. The monoisotopic (exact) mass is 443 g/mol. The van der Waals surface area contributed by atoms with E-state index in [1.54, 1.807) is 20.8 Å². The van der Waals surface area contributed by atoms with Gasteiger partial charge in [-0.05, 0) is 39.0 Å². The lowest BCUT2D eigenvalue weighted by Crippen LogP contribution is -2.43. The zero-order valence-electron chi connectivity index (χ0n) is 16.1. The van der Waals surface area contributed by atoms with Crippen molar-refractivity contribution in [3.63, 3.8) is 0 Å². The van der Waals surface area contributed by atoms with Gasteiger partial charge in [-0.15, -0.1) is 0 Å². The quantitative estimate of drug-likeness (QED) is 0.693. The lowest BCUT2D eigenvalue weighted by molar-refractivity contribution is -0.143. The van der Waals surface area contributed by atoms with Crippen molar-refractivity contribution in [3.05, 3.63) is 29.3 Å². The molecule has 0 bridgehead atoms. The molecule has 12 heteroatoms. The van der Waals surface area contributed by atoms with Gasteiger partial charge in [-0.1, -0.05) is 0 Å². The number of alkyl halides is 6. The third kappa shape index (κ3) is 5.92. The Morgan fingerprint density at radius 3 is 1.90 bits per heavy atom. The number of carboxylic acid groups (broad SMARTS) is 1. The van der Waals surface area contributed by atoms with Crippen LogP contribution < -0.4 is 4.74 Å². The molecule has 1 N–H and O–H groups in total. The second-order valence-corrected chi connectivity index (χ2v) is 7.70. The van der Waals surface area contributed by atoms with Crippen LogP contribution in [0, 0.1) is 0 Å². The molecule has 1 aliphatic rings. The van der Waals surface area contributed by atoms with Gasteiger partial charge in [0.15, 0.2) is 0 Å². The number of aliphatic carboxylic acids is 1. The number of rotatable bonds is 3. The molecule has 30 heavy (non-hydrogen) atoms. The molecule has 0 radical (unpaired) electrons. The van der Waals surface area contributed by atoms with Gasteiger partial charge >= 0.3 is 24.4 Å². The number of hydrogen-bond acceptors (Lipinski definition) is 4. The van der Waals surface area contributed by atoms with Crippen LogP contribution in [-0.2, 0) is 21.9 Å². The highest BCUT2D eigenvalue weighted by Crippen LogP contribution is 2.39. The summed E-state index contributed by atoms with van der Waals surface area (Å²) in [6, 6.07) is -0.672. The second-order valence-electron chi connectivity index (χ2n) is 7.70. The second kappa shape index (κ2) is 7.88. The zero-order valence-corrected chi connectivity index (χ0v) is 16.1. The molecule has 0 aliphatic carbocycles. The highest BCUT2D eigenvalue weighted by Gasteiger charge is 2.43.